The van der Waals surface area contributed by atoms with Crippen LogP contribution in [0.2, 0.25) is 5.02 Å². The molecule has 0 saturated carbocycles. The number of hydrogen-bond acceptors (Lipinski definition) is 2. The largest absolute Gasteiger partial charge is 0.401 e. The fraction of sp³-hybridized carbons (Fsp3) is 0.417. The molecule has 0 spiro atoms. The summed E-state index contributed by atoms with van der Waals surface area (Å²) in [6.07, 6.45) is -4.32. The summed E-state index contributed by atoms with van der Waals surface area (Å²) in [6, 6.07) is 5.23. The van der Waals surface area contributed by atoms with Crippen LogP contribution in [0.4, 0.5) is 13.2 Å². The van der Waals surface area contributed by atoms with E-state index in [4.69, 9.17) is 11.6 Å². The van der Waals surface area contributed by atoms with Gasteiger partial charge in [0.1, 0.15) is 0 Å². The summed E-state index contributed by atoms with van der Waals surface area (Å²) in [5, 5.41) is 0.475. The lowest BCUT2D eigenvalue weighted by molar-refractivity contribution is -0.145. The normalized spacial score (nSPS) is 13.7. The SMILES string of the molecule is CC(C(=O)c1ccc(Cl)cc1)N(C)CC(F)(F)F. The van der Waals surface area contributed by atoms with Crippen LogP contribution < -0.4 is 0 Å². The summed E-state index contributed by atoms with van der Waals surface area (Å²) >= 11 is 5.68. The van der Waals surface area contributed by atoms with Crippen molar-refractivity contribution in [3.63, 3.8) is 0 Å². The lowest BCUT2D eigenvalue weighted by atomic mass is 10.0. The van der Waals surface area contributed by atoms with Crippen molar-refractivity contribution in [2.24, 2.45) is 0 Å². The van der Waals surface area contributed by atoms with Gasteiger partial charge in [0, 0.05) is 10.6 Å². The van der Waals surface area contributed by atoms with Gasteiger partial charge in [-0.25, -0.2) is 0 Å². The van der Waals surface area contributed by atoms with Crippen molar-refractivity contribution >= 4 is 17.4 Å². The molecule has 0 aliphatic heterocycles. The Balaban J connectivity index is 2.75. The summed E-state index contributed by atoms with van der Waals surface area (Å²) in [5.74, 6) is -0.363. The number of halogens is 4. The number of alkyl halides is 3. The van der Waals surface area contributed by atoms with E-state index in [1.165, 1.54) is 38.2 Å². The van der Waals surface area contributed by atoms with E-state index in [0.29, 0.717) is 10.6 Å². The molecule has 2 nitrogen and oxygen atoms in total. The molecule has 18 heavy (non-hydrogen) atoms. The van der Waals surface area contributed by atoms with Crippen molar-refractivity contribution < 1.29 is 18.0 Å². The lowest BCUT2D eigenvalue weighted by Crippen LogP contribution is -2.41. The van der Waals surface area contributed by atoms with Gasteiger partial charge in [-0.1, -0.05) is 11.6 Å². The molecule has 0 amide bonds. The summed E-state index contributed by atoms with van der Waals surface area (Å²) in [7, 11) is 1.27. The van der Waals surface area contributed by atoms with Crippen LogP contribution in [0.1, 0.15) is 17.3 Å². The van der Waals surface area contributed by atoms with Crippen LogP contribution in [0, 0.1) is 0 Å². The van der Waals surface area contributed by atoms with Crippen molar-refractivity contribution in [2.75, 3.05) is 13.6 Å². The van der Waals surface area contributed by atoms with E-state index >= 15 is 0 Å². The van der Waals surface area contributed by atoms with Crippen LogP contribution in [0.5, 0.6) is 0 Å². The average Bonchev–Trinajstić information content (AvgIpc) is 2.26. The standard InChI is InChI=1S/C12H13ClF3NO/c1-8(17(2)7-12(14,15)16)11(18)9-3-5-10(13)6-4-9/h3-6,8H,7H2,1-2H3. The van der Waals surface area contributed by atoms with Crippen molar-refractivity contribution in [2.45, 2.75) is 19.1 Å². The van der Waals surface area contributed by atoms with Gasteiger partial charge in [-0.3, -0.25) is 9.69 Å². The number of carbonyl (C=O) groups is 1. The van der Waals surface area contributed by atoms with Gasteiger partial charge in [-0.2, -0.15) is 13.2 Å². The Hall–Kier alpha value is -1.07. The molecule has 0 fully saturated rings. The fourth-order valence-corrected chi connectivity index (χ4v) is 1.60. The Morgan fingerprint density at radius 1 is 1.33 bits per heavy atom. The minimum atomic E-state index is -4.32. The molecule has 0 aliphatic carbocycles. The van der Waals surface area contributed by atoms with Crippen molar-refractivity contribution in [3.8, 4) is 0 Å². The second-order valence-electron chi connectivity index (χ2n) is 4.08. The first-order chi connectivity index (χ1) is 8.20. The molecule has 0 aromatic heterocycles. The molecule has 1 unspecified atom stereocenters. The highest BCUT2D eigenvalue weighted by Crippen LogP contribution is 2.18. The number of nitrogens with zero attached hydrogens (tertiary/aromatic N) is 1. The first-order valence-electron chi connectivity index (χ1n) is 5.27. The van der Waals surface area contributed by atoms with Crippen LogP contribution in [0.15, 0.2) is 24.3 Å². The number of rotatable bonds is 4. The molecule has 0 heterocycles. The van der Waals surface area contributed by atoms with Gasteiger partial charge < -0.3 is 0 Å². The molecule has 100 valence electrons. The van der Waals surface area contributed by atoms with E-state index in [2.05, 4.69) is 0 Å². The van der Waals surface area contributed by atoms with Gasteiger partial charge in [0.25, 0.3) is 0 Å². The van der Waals surface area contributed by atoms with Crippen LogP contribution in [-0.4, -0.2) is 36.5 Å². The third-order valence-corrected chi connectivity index (χ3v) is 2.85. The van der Waals surface area contributed by atoms with Crippen molar-refractivity contribution in [3.05, 3.63) is 34.9 Å². The van der Waals surface area contributed by atoms with Gasteiger partial charge in [-0.05, 0) is 38.2 Å². The summed E-state index contributed by atoms with van der Waals surface area (Å²) in [5.41, 5.74) is 0.348. The number of carbonyl (C=O) groups excluding carboxylic acids is 1. The van der Waals surface area contributed by atoms with E-state index in [0.717, 1.165) is 4.90 Å². The average molecular weight is 280 g/mol. The van der Waals surface area contributed by atoms with E-state index in [1.54, 1.807) is 0 Å². The van der Waals surface area contributed by atoms with Crippen LogP contribution in [0.25, 0.3) is 0 Å². The lowest BCUT2D eigenvalue weighted by Gasteiger charge is -2.24. The van der Waals surface area contributed by atoms with E-state index in [1.807, 2.05) is 0 Å². The number of Topliss-reactive ketones (excluding diaryl/α,β-unsaturated/α-hetero) is 1. The van der Waals surface area contributed by atoms with Crippen LogP contribution in [0.3, 0.4) is 0 Å². The third kappa shape index (κ3) is 4.31. The maximum absolute atomic E-state index is 12.2. The zero-order chi connectivity index (χ0) is 13.9. The zero-order valence-corrected chi connectivity index (χ0v) is 10.7. The Labute approximate surface area is 108 Å². The highest BCUT2D eigenvalue weighted by Gasteiger charge is 2.32. The van der Waals surface area contributed by atoms with Gasteiger partial charge in [-0.15, -0.1) is 0 Å². The maximum Gasteiger partial charge on any atom is 0.401 e. The summed E-state index contributed by atoms with van der Waals surface area (Å²) in [6.45, 7) is 0.330. The number of benzene rings is 1. The fourth-order valence-electron chi connectivity index (χ4n) is 1.48. The molecule has 0 bridgehead atoms. The van der Waals surface area contributed by atoms with Gasteiger partial charge in [0.15, 0.2) is 5.78 Å². The van der Waals surface area contributed by atoms with E-state index < -0.39 is 18.8 Å². The Bertz CT molecular complexity index is 416. The number of ketones is 1. The predicted molar refractivity (Wildman–Crippen MR) is 63.9 cm³/mol. The van der Waals surface area contributed by atoms with Gasteiger partial charge in [0.2, 0.25) is 0 Å². The molecule has 0 saturated heterocycles. The zero-order valence-electron chi connectivity index (χ0n) is 9.96. The van der Waals surface area contributed by atoms with E-state index in [9.17, 15) is 18.0 Å². The molecule has 0 N–H and O–H groups in total. The first kappa shape index (κ1) is 15.0. The predicted octanol–water partition coefficient (Wildman–Crippen LogP) is 3.41. The molecule has 1 aromatic carbocycles. The Morgan fingerprint density at radius 3 is 2.28 bits per heavy atom. The quantitative estimate of drug-likeness (QED) is 0.787. The first-order valence-corrected chi connectivity index (χ1v) is 5.65. The molecular formula is C12H13ClF3NO. The molecule has 6 heteroatoms. The minimum absolute atomic E-state index is 0.348. The second kappa shape index (κ2) is 5.71. The third-order valence-electron chi connectivity index (χ3n) is 2.60. The molecule has 0 aliphatic rings. The van der Waals surface area contributed by atoms with E-state index in [-0.39, 0.29) is 5.78 Å². The smallest absolute Gasteiger partial charge is 0.292 e. The Morgan fingerprint density at radius 2 is 1.83 bits per heavy atom. The minimum Gasteiger partial charge on any atom is -0.292 e. The summed E-state index contributed by atoms with van der Waals surface area (Å²) < 4.78 is 36.6. The van der Waals surface area contributed by atoms with Crippen molar-refractivity contribution in [1.29, 1.82) is 0 Å². The van der Waals surface area contributed by atoms with Gasteiger partial charge >= 0.3 is 6.18 Å². The maximum atomic E-state index is 12.2. The highest BCUT2D eigenvalue weighted by molar-refractivity contribution is 6.30. The molecule has 1 aromatic rings. The number of hydrogen-bond donors (Lipinski definition) is 0. The van der Waals surface area contributed by atoms with Crippen LogP contribution in [-0.2, 0) is 0 Å². The highest BCUT2D eigenvalue weighted by atomic mass is 35.5. The topological polar surface area (TPSA) is 20.3 Å². The second-order valence-corrected chi connectivity index (χ2v) is 4.51. The molecule has 0 radical (unpaired) electrons. The molecule has 1 rings (SSSR count). The van der Waals surface area contributed by atoms with Gasteiger partial charge in [0.05, 0.1) is 12.6 Å². The summed E-state index contributed by atoms with van der Waals surface area (Å²) in [4.78, 5) is 12.9. The molecular weight excluding hydrogens is 267 g/mol. The molecule has 1 atom stereocenters. The number of likely N-dealkylation sites (N-methyl/N-ethyl adjacent to an activating group) is 1. The van der Waals surface area contributed by atoms with Crippen LogP contribution >= 0.6 is 11.6 Å². The monoisotopic (exact) mass is 279 g/mol. The Kier molecular flexibility index (Phi) is 4.76. The van der Waals surface area contributed by atoms with Crippen molar-refractivity contribution in [1.82, 2.24) is 4.90 Å².